The molecule has 2 aromatic carbocycles. The summed E-state index contributed by atoms with van der Waals surface area (Å²) < 4.78 is 6.19. The minimum Gasteiger partial charge on any atom is -0.497 e. The number of nitrogens with two attached hydrogens (primary N) is 1. The lowest BCUT2D eigenvalue weighted by Crippen LogP contribution is -2.33. The van der Waals surface area contributed by atoms with E-state index in [2.05, 4.69) is 10.2 Å². The van der Waals surface area contributed by atoms with Crippen molar-refractivity contribution in [3.63, 3.8) is 0 Å². The normalized spacial score (nSPS) is 10.6. The molecule has 7 heteroatoms. The summed E-state index contributed by atoms with van der Waals surface area (Å²) in [6.45, 7) is 0. The lowest BCUT2D eigenvalue weighted by Gasteiger charge is -2.08. The van der Waals surface area contributed by atoms with E-state index in [4.69, 9.17) is 10.6 Å². The van der Waals surface area contributed by atoms with Gasteiger partial charge < -0.3 is 10.6 Å². The van der Waals surface area contributed by atoms with Crippen molar-refractivity contribution in [3.05, 3.63) is 81.8 Å². The average Bonchev–Trinajstić information content (AvgIpc) is 2.66. The molecule has 25 heavy (non-hydrogen) atoms. The zero-order valence-corrected chi connectivity index (χ0v) is 14.6. The maximum atomic E-state index is 12.4. The summed E-state index contributed by atoms with van der Waals surface area (Å²) in [5.41, 5.74) is 2.05. The number of hydrogen-bond acceptors (Lipinski definition) is 6. The Morgan fingerprint density at radius 1 is 1.04 bits per heavy atom. The first-order valence-electron chi connectivity index (χ1n) is 7.70. The largest absolute Gasteiger partial charge is 0.497 e. The van der Waals surface area contributed by atoms with E-state index in [-0.39, 0.29) is 5.56 Å². The molecule has 0 saturated carbocycles. The Hall–Kier alpha value is -2.80. The molecule has 0 amide bonds. The third-order valence-electron chi connectivity index (χ3n) is 3.67. The van der Waals surface area contributed by atoms with Crippen molar-refractivity contribution < 1.29 is 4.74 Å². The first-order chi connectivity index (χ1) is 12.2. The molecule has 0 fully saturated rings. The van der Waals surface area contributed by atoms with Gasteiger partial charge in [-0.15, -0.1) is 10.2 Å². The van der Waals surface area contributed by atoms with Gasteiger partial charge >= 0.3 is 0 Å². The minimum absolute atomic E-state index is 0.316. The molecule has 0 saturated heterocycles. The highest BCUT2D eigenvalue weighted by Gasteiger charge is 2.11. The summed E-state index contributed by atoms with van der Waals surface area (Å²) >= 11 is 1.38. The van der Waals surface area contributed by atoms with Crippen LogP contribution in [0.3, 0.4) is 0 Å². The van der Waals surface area contributed by atoms with E-state index in [1.165, 1.54) is 11.8 Å². The molecule has 3 rings (SSSR count). The fraction of sp³-hybridized carbons (Fsp3) is 0.167. The van der Waals surface area contributed by atoms with E-state index in [1.807, 2.05) is 54.6 Å². The molecule has 0 bridgehead atoms. The van der Waals surface area contributed by atoms with Gasteiger partial charge in [-0.1, -0.05) is 54.2 Å². The number of methoxy groups -OCH3 is 1. The van der Waals surface area contributed by atoms with Gasteiger partial charge in [0.15, 0.2) is 0 Å². The zero-order chi connectivity index (χ0) is 17.6. The van der Waals surface area contributed by atoms with E-state index in [0.29, 0.717) is 23.0 Å². The van der Waals surface area contributed by atoms with Crippen LogP contribution in [0, 0.1) is 0 Å². The van der Waals surface area contributed by atoms with Crippen LogP contribution >= 0.6 is 11.8 Å². The number of nitrogens with zero attached hydrogens (tertiary/aromatic N) is 3. The molecule has 6 nitrogen and oxygen atoms in total. The van der Waals surface area contributed by atoms with Crippen molar-refractivity contribution in [1.82, 2.24) is 14.9 Å². The molecule has 0 aliphatic rings. The van der Waals surface area contributed by atoms with Gasteiger partial charge in [0.2, 0.25) is 5.16 Å². The summed E-state index contributed by atoms with van der Waals surface area (Å²) in [6.07, 6.45) is 0.372. The first kappa shape index (κ1) is 17.0. The number of thioether (sulfide) groups is 1. The van der Waals surface area contributed by atoms with Gasteiger partial charge in [-0.25, -0.2) is 0 Å². The molecule has 1 heterocycles. The zero-order valence-electron chi connectivity index (χ0n) is 13.8. The van der Waals surface area contributed by atoms with Crippen molar-refractivity contribution in [2.24, 2.45) is 0 Å². The number of rotatable bonds is 6. The third-order valence-corrected chi connectivity index (χ3v) is 4.68. The highest BCUT2D eigenvalue weighted by molar-refractivity contribution is 7.98. The van der Waals surface area contributed by atoms with Gasteiger partial charge in [0.1, 0.15) is 11.4 Å². The smallest absolute Gasteiger partial charge is 0.294 e. The fourth-order valence-corrected chi connectivity index (χ4v) is 3.10. The third kappa shape index (κ3) is 4.19. The molecule has 1 aromatic heterocycles. The number of nitrogen functional groups attached to an aromatic ring is 1. The Morgan fingerprint density at radius 2 is 1.76 bits per heavy atom. The Morgan fingerprint density at radius 3 is 2.44 bits per heavy atom. The monoisotopic (exact) mass is 354 g/mol. The molecular weight excluding hydrogens is 336 g/mol. The molecule has 0 spiro atoms. The van der Waals surface area contributed by atoms with Crippen LogP contribution in [0.4, 0.5) is 0 Å². The Kier molecular flexibility index (Phi) is 5.35. The van der Waals surface area contributed by atoms with Gasteiger partial charge in [-0.3, -0.25) is 4.79 Å². The summed E-state index contributed by atoms with van der Waals surface area (Å²) in [5.74, 6) is 7.34. The van der Waals surface area contributed by atoms with Crippen LogP contribution in [0.2, 0.25) is 0 Å². The van der Waals surface area contributed by atoms with Gasteiger partial charge in [0, 0.05) is 12.2 Å². The minimum atomic E-state index is -0.332. The molecular formula is C18H18N4O2S. The standard InChI is InChI=1S/C18H18N4O2S/c1-24-15-9-7-13(8-10-15)11-16-17(23)22(19)18(21-20-16)25-12-14-5-3-2-4-6-14/h2-10H,11-12,19H2,1H3. The quantitative estimate of drug-likeness (QED) is 0.540. The lowest BCUT2D eigenvalue weighted by molar-refractivity contribution is 0.414. The van der Waals surface area contributed by atoms with E-state index in [9.17, 15) is 4.79 Å². The molecule has 0 aliphatic heterocycles. The lowest BCUT2D eigenvalue weighted by atomic mass is 10.1. The highest BCUT2D eigenvalue weighted by Crippen LogP contribution is 2.18. The number of hydrogen-bond donors (Lipinski definition) is 1. The van der Waals surface area contributed by atoms with Gasteiger partial charge in [0.05, 0.1) is 7.11 Å². The molecule has 0 atom stereocenters. The topological polar surface area (TPSA) is 83.0 Å². The SMILES string of the molecule is COc1ccc(Cc2nnc(SCc3ccccc3)n(N)c2=O)cc1. The Bertz CT molecular complexity index is 895. The fourth-order valence-electron chi connectivity index (χ4n) is 2.29. The summed E-state index contributed by atoms with van der Waals surface area (Å²) in [5, 5.41) is 8.58. The van der Waals surface area contributed by atoms with E-state index >= 15 is 0 Å². The second-order valence-corrected chi connectivity index (χ2v) is 6.35. The Labute approximate surface area is 149 Å². The van der Waals surface area contributed by atoms with Crippen LogP contribution in [0.1, 0.15) is 16.8 Å². The van der Waals surface area contributed by atoms with E-state index in [1.54, 1.807) is 7.11 Å². The average molecular weight is 354 g/mol. The van der Waals surface area contributed by atoms with Crippen molar-refractivity contribution in [2.45, 2.75) is 17.3 Å². The van der Waals surface area contributed by atoms with Gasteiger partial charge in [-0.2, -0.15) is 4.68 Å². The second-order valence-electron chi connectivity index (χ2n) is 5.40. The van der Waals surface area contributed by atoms with Crippen LogP contribution in [0.25, 0.3) is 0 Å². The van der Waals surface area contributed by atoms with E-state index < -0.39 is 0 Å². The first-order valence-corrected chi connectivity index (χ1v) is 8.69. The van der Waals surface area contributed by atoms with Crippen LogP contribution in [0.5, 0.6) is 5.75 Å². The molecule has 0 radical (unpaired) electrons. The van der Waals surface area contributed by atoms with Crippen molar-refractivity contribution in [3.8, 4) is 5.75 Å². The van der Waals surface area contributed by atoms with Crippen LogP contribution in [0.15, 0.2) is 64.5 Å². The van der Waals surface area contributed by atoms with Crippen LogP contribution < -0.4 is 16.1 Å². The molecule has 2 N–H and O–H groups in total. The molecule has 3 aromatic rings. The summed E-state index contributed by atoms with van der Waals surface area (Å²) in [7, 11) is 1.61. The van der Waals surface area contributed by atoms with Gasteiger partial charge in [-0.05, 0) is 23.3 Å². The Balaban J connectivity index is 1.74. The highest BCUT2D eigenvalue weighted by atomic mass is 32.2. The van der Waals surface area contributed by atoms with Crippen molar-refractivity contribution >= 4 is 11.8 Å². The molecule has 128 valence electrons. The van der Waals surface area contributed by atoms with Crippen LogP contribution in [-0.2, 0) is 12.2 Å². The number of ether oxygens (including phenoxy) is 1. The summed E-state index contributed by atoms with van der Waals surface area (Å²) in [6, 6.07) is 17.4. The molecule has 0 aliphatic carbocycles. The van der Waals surface area contributed by atoms with Crippen molar-refractivity contribution in [2.75, 3.05) is 13.0 Å². The van der Waals surface area contributed by atoms with Crippen LogP contribution in [-0.4, -0.2) is 22.0 Å². The van der Waals surface area contributed by atoms with Gasteiger partial charge in [0.25, 0.3) is 5.56 Å². The predicted octanol–water partition coefficient (Wildman–Crippen LogP) is 2.24. The second kappa shape index (κ2) is 7.85. The molecule has 0 unspecified atom stereocenters. The summed E-state index contributed by atoms with van der Waals surface area (Å²) in [4.78, 5) is 12.4. The number of benzene rings is 2. The van der Waals surface area contributed by atoms with E-state index in [0.717, 1.165) is 21.6 Å². The van der Waals surface area contributed by atoms with Crippen molar-refractivity contribution in [1.29, 1.82) is 0 Å². The maximum absolute atomic E-state index is 12.4. The number of aromatic nitrogens is 3. The maximum Gasteiger partial charge on any atom is 0.294 e. The predicted molar refractivity (Wildman–Crippen MR) is 98.2 cm³/mol.